The fraction of sp³-hybridized carbons (Fsp3) is 0.348. The number of carbonyl (C=O) groups excluding carboxylic acids is 1. The molecular formula is C23H27N3O4. The van der Waals surface area contributed by atoms with Crippen molar-refractivity contribution in [3.05, 3.63) is 64.0 Å². The maximum atomic E-state index is 12.8. The summed E-state index contributed by atoms with van der Waals surface area (Å²) in [6.07, 6.45) is -0.588. The molecule has 1 atom stereocenters. The molecule has 2 aromatic carbocycles. The molecule has 1 heterocycles. The highest BCUT2D eigenvalue weighted by atomic mass is 16.6. The molecule has 7 heteroatoms. The molecule has 7 nitrogen and oxygen atoms in total. The van der Waals surface area contributed by atoms with Gasteiger partial charge in [-0.3, -0.25) is 0 Å². The second kappa shape index (κ2) is 8.18. The van der Waals surface area contributed by atoms with Gasteiger partial charge in [-0.1, -0.05) is 30.3 Å². The van der Waals surface area contributed by atoms with Crippen molar-refractivity contribution in [2.75, 3.05) is 11.9 Å². The second-order valence-electron chi connectivity index (χ2n) is 8.33. The van der Waals surface area contributed by atoms with Crippen molar-refractivity contribution in [3.8, 4) is 5.75 Å². The average Bonchev–Trinajstić information content (AvgIpc) is 2.68. The summed E-state index contributed by atoms with van der Waals surface area (Å²) in [5.74, 6) is 0.289. The van der Waals surface area contributed by atoms with Gasteiger partial charge in [-0.15, -0.1) is 0 Å². The van der Waals surface area contributed by atoms with E-state index in [4.69, 9.17) is 9.15 Å². The highest BCUT2D eigenvalue weighted by molar-refractivity contribution is 5.85. The number of carbonyl (C=O) groups is 1. The van der Waals surface area contributed by atoms with Gasteiger partial charge in [0.15, 0.2) is 0 Å². The number of aryl methyl sites for hydroxylation is 1. The molecule has 0 radical (unpaired) electrons. The monoisotopic (exact) mass is 409 g/mol. The number of nitrogens with one attached hydrogen (secondary N) is 1. The molecule has 1 N–H and O–H groups in total. The van der Waals surface area contributed by atoms with Gasteiger partial charge in [0.25, 0.3) is 0 Å². The first-order valence-electron chi connectivity index (χ1n) is 9.79. The number of nitrogens with zero attached hydrogens (tertiary/aromatic N) is 2. The van der Waals surface area contributed by atoms with E-state index in [9.17, 15) is 9.59 Å². The minimum absolute atomic E-state index is 0.0379. The zero-order valence-electron chi connectivity index (χ0n) is 18.1. The Balaban J connectivity index is 1.93. The van der Waals surface area contributed by atoms with Crippen molar-refractivity contribution in [2.24, 2.45) is 0 Å². The van der Waals surface area contributed by atoms with Gasteiger partial charge in [-0.25, -0.2) is 9.59 Å². The number of ether oxygens (including phenoxy) is 1. The van der Waals surface area contributed by atoms with Crippen LogP contribution < -0.4 is 20.6 Å². The molecule has 1 amide bonds. The predicted molar refractivity (Wildman–Crippen MR) is 117 cm³/mol. The van der Waals surface area contributed by atoms with Gasteiger partial charge in [0.1, 0.15) is 5.75 Å². The van der Waals surface area contributed by atoms with Crippen LogP contribution in [-0.2, 0) is 0 Å². The van der Waals surface area contributed by atoms with Crippen molar-refractivity contribution >= 4 is 23.0 Å². The van der Waals surface area contributed by atoms with Crippen molar-refractivity contribution in [2.45, 2.75) is 46.2 Å². The van der Waals surface area contributed by atoms with Crippen LogP contribution in [0.2, 0.25) is 0 Å². The SMILES string of the molecule is Cc1c(OC(=O)NC(C)(C)C)ccc2nc(N(C)[C@@H](C)c3ccccc3)oc(=O)c12. The number of fused-ring (bicyclic) bond motifs is 1. The van der Waals surface area contributed by atoms with Gasteiger partial charge >= 0.3 is 17.7 Å². The third-order valence-electron chi connectivity index (χ3n) is 4.84. The minimum Gasteiger partial charge on any atom is -0.410 e. The third kappa shape index (κ3) is 4.62. The van der Waals surface area contributed by atoms with E-state index in [1.165, 1.54) is 0 Å². The van der Waals surface area contributed by atoms with E-state index >= 15 is 0 Å². The lowest BCUT2D eigenvalue weighted by atomic mass is 10.1. The summed E-state index contributed by atoms with van der Waals surface area (Å²) in [6, 6.07) is 13.4. The first-order chi connectivity index (χ1) is 14.1. The average molecular weight is 409 g/mol. The van der Waals surface area contributed by atoms with Gasteiger partial charge < -0.3 is 19.4 Å². The van der Waals surface area contributed by atoms with Gasteiger partial charge in [0, 0.05) is 18.2 Å². The van der Waals surface area contributed by atoms with E-state index in [2.05, 4.69) is 10.3 Å². The lowest BCUT2D eigenvalue weighted by molar-refractivity contribution is 0.190. The van der Waals surface area contributed by atoms with E-state index in [1.807, 2.05) is 70.0 Å². The first-order valence-corrected chi connectivity index (χ1v) is 9.79. The first kappa shape index (κ1) is 21.4. The van der Waals surface area contributed by atoms with Crippen molar-refractivity contribution in [1.29, 1.82) is 0 Å². The van der Waals surface area contributed by atoms with Crippen LogP contribution in [0.15, 0.2) is 51.7 Å². The number of anilines is 1. The highest BCUT2D eigenvalue weighted by Gasteiger charge is 2.21. The molecule has 0 aliphatic carbocycles. The lowest BCUT2D eigenvalue weighted by Gasteiger charge is -2.24. The molecule has 158 valence electrons. The van der Waals surface area contributed by atoms with Crippen molar-refractivity contribution in [3.63, 3.8) is 0 Å². The van der Waals surface area contributed by atoms with Gasteiger partial charge in [-0.2, -0.15) is 4.98 Å². The Labute approximate surface area is 175 Å². The number of hydrogen-bond acceptors (Lipinski definition) is 6. The van der Waals surface area contributed by atoms with Gasteiger partial charge in [0.2, 0.25) is 0 Å². The molecule has 30 heavy (non-hydrogen) atoms. The van der Waals surface area contributed by atoms with E-state index in [0.29, 0.717) is 16.5 Å². The van der Waals surface area contributed by atoms with Crippen LogP contribution in [0.3, 0.4) is 0 Å². The second-order valence-corrected chi connectivity index (χ2v) is 8.33. The minimum atomic E-state index is -0.588. The summed E-state index contributed by atoms with van der Waals surface area (Å²) in [6.45, 7) is 9.28. The quantitative estimate of drug-likeness (QED) is 0.679. The van der Waals surface area contributed by atoms with Crippen LogP contribution in [0.25, 0.3) is 10.9 Å². The fourth-order valence-corrected chi connectivity index (χ4v) is 3.10. The Hall–Kier alpha value is -3.35. The summed E-state index contributed by atoms with van der Waals surface area (Å²) >= 11 is 0. The van der Waals surface area contributed by atoms with Crippen molar-refractivity contribution < 1.29 is 13.9 Å². The smallest absolute Gasteiger partial charge is 0.410 e. The number of rotatable bonds is 4. The zero-order chi connectivity index (χ0) is 22.1. The molecule has 0 aliphatic rings. The van der Waals surface area contributed by atoms with Crippen molar-refractivity contribution in [1.82, 2.24) is 10.3 Å². The van der Waals surface area contributed by atoms with Crippen LogP contribution in [0.4, 0.5) is 10.8 Å². The molecule has 3 rings (SSSR count). The van der Waals surface area contributed by atoms with E-state index in [1.54, 1.807) is 19.1 Å². The number of aromatic nitrogens is 1. The summed E-state index contributed by atoms with van der Waals surface area (Å²) in [5, 5.41) is 3.02. The molecule has 0 spiro atoms. The molecule has 0 fully saturated rings. The maximum absolute atomic E-state index is 12.8. The standard InChI is InChI=1S/C23H27N3O4/c1-14-18(29-22(28)25-23(3,4)5)13-12-17-19(14)20(27)30-21(24-17)26(6)15(2)16-10-8-7-9-11-16/h7-13,15H,1-6H3,(H,25,28)/t15-/m0/s1. The summed E-state index contributed by atoms with van der Waals surface area (Å²) in [5.41, 5.74) is 1.10. The molecule has 0 unspecified atom stereocenters. The van der Waals surface area contributed by atoms with Crippen LogP contribution >= 0.6 is 0 Å². The topological polar surface area (TPSA) is 84.7 Å². The molecule has 0 bridgehead atoms. The maximum Gasteiger partial charge on any atom is 0.413 e. The Morgan fingerprint density at radius 3 is 2.47 bits per heavy atom. The van der Waals surface area contributed by atoms with Gasteiger partial charge in [-0.05, 0) is 52.3 Å². The summed E-state index contributed by atoms with van der Waals surface area (Å²) < 4.78 is 10.9. The molecule has 1 aromatic heterocycles. The third-order valence-corrected chi connectivity index (χ3v) is 4.84. The summed E-state index contributed by atoms with van der Waals surface area (Å²) in [4.78, 5) is 31.2. The number of amides is 1. The Morgan fingerprint density at radius 1 is 1.17 bits per heavy atom. The lowest BCUT2D eigenvalue weighted by Crippen LogP contribution is -2.42. The number of hydrogen-bond donors (Lipinski definition) is 1. The fourth-order valence-electron chi connectivity index (χ4n) is 3.10. The zero-order valence-corrected chi connectivity index (χ0v) is 18.1. The predicted octanol–water partition coefficient (Wildman–Crippen LogP) is 4.58. The molecule has 0 aliphatic heterocycles. The normalized spacial score (nSPS) is 12.5. The highest BCUT2D eigenvalue weighted by Crippen LogP contribution is 2.28. The molecular weight excluding hydrogens is 382 g/mol. The van der Waals surface area contributed by atoms with E-state index in [0.717, 1.165) is 5.56 Å². The van der Waals surface area contributed by atoms with Gasteiger partial charge in [0.05, 0.1) is 16.9 Å². The molecule has 0 saturated carbocycles. The Morgan fingerprint density at radius 2 is 1.83 bits per heavy atom. The number of benzene rings is 2. The van der Waals surface area contributed by atoms with Crippen LogP contribution in [-0.4, -0.2) is 23.7 Å². The largest absolute Gasteiger partial charge is 0.413 e. The molecule has 0 saturated heterocycles. The molecule has 3 aromatic rings. The van der Waals surface area contributed by atoms with E-state index < -0.39 is 17.3 Å². The van der Waals surface area contributed by atoms with E-state index in [-0.39, 0.29) is 17.8 Å². The van der Waals surface area contributed by atoms with Crippen LogP contribution in [0.5, 0.6) is 5.75 Å². The summed E-state index contributed by atoms with van der Waals surface area (Å²) in [7, 11) is 1.83. The van der Waals surface area contributed by atoms with Crippen LogP contribution in [0, 0.1) is 6.92 Å². The Kier molecular flexibility index (Phi) is 5.82. The Bertz CT molecular complexity index is 1120. The van der Waals surface area contributed by atoms with Crippen LogP contribution in [0.1, 0.15) is 44.9 Å².